The van der Waals surface area contributed by atoms with E-state index < -0.39 is 0 Å². The van der Waals surface area contributed by atoms with E-state index in [0.29, 0.717) is 50.0 Å². The Hall–Kier alpha value is -3.33. The molecule has 1 aliphatic heterocycles. The van der Waals surface area contributed by atoms with Crippen LogP contribution in [-0.2, 0) is 6.42 Å². The molecule has 1 heterocycles. The first-order valence-electron chi connectivity index (χ1n) is 10.3. The molecule has 0 spiro atoms. The van der Waals surface area contributed by atoms with E-state index in [2.05, 4.69) is 6.07 Å². The Kier molecular flexibility index (Phi) is 7.45. The predicted molar refractivity (Wildman–Crippen MR) is 113 cm³/mol. The molecule has 0 saturated carbocycles. The van der Waals surface area contributed by atoms with Gasteiger partial charge in [-0.3, -0.25) is 9.59 Å². The summed E-state index contributed by atoms with van der Waals surface area (Å²) in [6.45, 7) is 1.04. The number of likely N-dealkylation sites (tertiary alicyclic amines) is 1. The van der Waals surface area contributed by atoms with Crippen LogP contribution in [0, 0.1) is 11.3 Å². The second-order valence-electron chi connectivity index (χ2n) is 7.41. The summed E-state index contributed by atoms with van der Waals surface area (Å²) in [4.78, 5) is 26.4. The number of nitrogens with zero attached hydrogens (tertiary/aromatic N) is 2. The fourth-order valence-electron chi connectivity index (χ4n) is 3.94. The summed E-state index contributed by atoms with van der Waals surface area (Å²) in [7, 11) is 0. The minimum Gasteiger partial charge on any atom is -0.507 e. The summed E-state index contributed by atoms with van der Waals surface area (Å²) in [5, 5.41) is 18.7. The van der Waals surface area contributed by atoms with Gasteiger partial charge in [-0.15, -0.1) is 0 Å². The number of aryl methyl sites for hydroxylation is 1. The minimum absolute atomic E-state index is 0.000763. The Morgan fingerprint density at radius 2 is 2.07 bits per heavy atom. The van der Waals surface area contributed by atoms with Gasteiger partial charge in [-0.2, -0.15) is 5.26 Å². The summed E-state index contributed by atoms with van der Waals surface area (Å²) < 4.78 is 5.76. The SMILES string of the molecule is N#CCCc1ccccc1C(=O)N1CCCC[C@H]1CCOc1cccc(O)c1C=O. The van der Waals surface area contributed by atoms with Crippen molar-refractivity contribution < 1.29 is 19.4 Å². The molecule has 1 atom stereocenters. The Morgan fingerprint density at radius 3 is 2.87 bits per heavy atom. The monoisotopic (exact) mass is 406 g/mol. The van der Waals surface area contributed by atoms with Gasteiger partial charge >= 0.3 is 0 Å². The van der Waals surface area contributed by atoms with Crippen molar-refractivity contribution in [2.24, 2.45) is 0 Å². The highest BCUT2D eigenvalue weighted by molar-refractivity contribution is 5.96. The standard InChI is InChI=1S/C24H26N2O4/c25-14-6-8-18-7-1-2-10-20(18)24(29)26-15-4-3-9-19(26)13-16-30-23-12-5-11-22(28)21(23)17-27/h1-2,5,7,10-12,17,19,28H,3-4,6,8-9,13,15-16H2/t19-/m0/s1. The van der Waals surface area contributed by atoms with Crippen molar-refractivity contribution in [1.82, 2.24) is 4.90 Å². The van der Waals surface area contributed by atoms with E-state index in [4.69, 9.17) is 10.00 Å². The molecular formula is C24H26N2O4. The maximum Gasteiger partial charge on any atom is 0.254 e. The molecule has 156 valence electrons. The predicted octanol–water partition coefficient (Wildman–Crippen LogP) is 4.12. The van der Waals surface area contributed by atoms with Gasteiger partial charge in [-0.25, -0.2) is 0 Å². The number of nitriles is 1. The van der Waals surface area contributed by atoms with Crippen LogP contribution in [0.3, 0.4) is 0 Å². The molecule has 30 heavy (non-hydrogen) atoms. The van der Waals surface area contributed by atoms with Crippen LogP contribution in [0.15, 0.2) is 42.5 Å². The van der Waals surface area contributed by atoms with Crippen molar-refractivity contribution >= 4 is 12.2 Å². The number of carbonyl (C=O) groups excluding carboxylic acids is 2. The van der Waals surface area contributed by atoms with Crippen molar-refractivity contribution in [3.05, 3.63) is 59.2 Å². The topological polar surface area (TPSA) is 90.6 Å². The van der Waals surface area contributed by atoms with Gasteiger partial charge in [-0.05, 0) is 49.4 Å². The molecule has 0 bridgehead atoms. The number of benzene rings is 2. The lowest BCUT2D eigenvalue weighted by atomic mass is 9.96. The van der Waals surface area contributed by atoms with E-state index in [1.54, 1.807) is 12.1 Å². The Balaban J connectivity index is 1.69. The van der Waals surface area contributed by atoms with E-state index in [1.807, 2.05) is 29.2 Å². The first-order valence-corrected chi connectivity index (χ1v) is 10.3. The average molecular weight is 406 g/mol. The fourth-order valence-corrected chi connectivity index (χ4v) is 3.94. The van der Waals surface area contributed by atoms with Crippen LogP contribution in [0.5, 0.6) is 11.5 Å². The number of phenolic OH excluding ortho intramolecular Hbond substituents is 1. The molecular weight excluding hydrogens is 380 g/mol. The number of phenols is 1. The third-order valence-corrected chi connectivity index (χ3v) is 5.51. The van der Waals surface area contributed by atoms with E-state index >= 15 is 0 Å². The van der Waals surface area contributed by atoms with Crippen LogP contribution in [0.2, 0.25) is 0 Å². The van der Waals surface area contributed by atoms with Crippen LogP contribution in [0.4, 0.5) is 0 Å². The smallest absolute Gasteiger partial charge is 0.254 e. The second-order valence-corrected chi connectivity index (χ2v) is 7.41. The third kappa shape index (κ3) is 4.98. The molecule has 6 nitrogen and oxygen atoms in total. The third-order valence-electron chi connectivity index (χ3n) is 5.51. The molecule has 0 radical (unpaired) electrons. The zero-order chi connectivity index (χ0) is 21.3. The van der Waals surface area contributed by atoms with Gasteiger partial charge in [0.1, 0.15) is 11.5 Å². The highest BCUT2D eigenvalue weighted by atomic mass is 16.5. The summed E-state index contributed by atoms with van der Waals surface area (Å²) in [6.07, 6.45) is 5.08. The molecule has 3 rings (SSSR count). The fraction of sp³-hybridized carbons (Fsp3) is 0.375. The van der Waals surface area contributed by atoms with Gasteiger partial charge in [0.15, 0.2) is 6.29 Å². The average Bonchev–Trinajstić information content (AvgIpc) is 2.78. The summed E-state index contributed by atoms with van der Waals surface area (Å²) in [6, 6.07) is 14.4. The second kappa shape index (κ2) is 10.4. The largest absolute Gasteiger partial charge is 0.507 e. The van der Waals surface area contributed by atoms with Gasteiger partial charge in [0.05, 0.1) is 18.2 Å². The molecule has 1 aliphatic rings. The van der Waals surface area contributed by atoms with Gasteiger partial charge in [-0.1, -0.05) is 24.3 Å². The first kappa shape index (κ1) is 21.4. The summed E-state index contributed by atoms with van der Waals surface area (Å²) in [5.41, 5.74) is 1.71. The van der Waals surface area contributed by atoms with Crippen LogP contribution in [-0.4, -0.2) is 41.4 Å². The zero-order valence-corrected chi connectivity index (χ0v) is 16.9. The number of amides is 1. The number of rotatable bonds is 8. The lowest BCUT2D eigenvalue weighted by Crippen LogP contribution is -2.44. The number of hydrogen-bond acceptors (Lipinski definition) is 5. The van der Waals surface area contributed by atoms with Crippen LogP contribution in [0.25, 0.3) is 0 Å². The number of aromatic hydroxyl groups is 1. The quantitative estimate of drug-likeness (QED) is 0.666. The van der Waals surface area contributed by atoms with E-state index in [9.17, 15) is 14.7 Å². The van der Waals surface area contributed by atoms with Crippen molar-refractivity contribution in [2.75, 3.05) is 13.2 Å². The molecule has 1 fully saturated rings. The Bertz CT molecular complexity index is 935. The van der Waals surface area contributed by atoms with Crippen molar-refractivity contribution in [1.29, 1.82) is 5.26 Å². The number of ether oxygens (including phenoxy) is 1. The molecule has 6 heteroatoms. The molecule has 0 aliphatic carbocycles. The summed E-state index contributed by atoms with van der Waals surface area (Å²) in [5.74, 6) is 0.241. The minimum atomic E-state index is -0.106. The van der Waals surface area contributed by atoms with E-state index in [1.165, 1.54) is 6.07 Å². The Labute approximate surface area is 176 Å². The number of carbonyl (C=O) groups is 2. The maximum atomic E-state index is 13.3. The van der Waals surface area contributed by atoms with Gasteiger partial charge < -0.3 is 14.7 Å². The van der Waals surface area contributed by atoms with Gasteiger partial charge in [0.25, 0.3) is 5.91 Å². The number of hydrogen-bond donors (Lipinski definition) is 1. The highest BCUT2D eigenvalue weighted by Crippen LogP contribution is 2.27. The number of aldehydes is 1. The molecule has 0 aromatic heterocycles. The maximum absolute atomic E-state index is 13.3. The van der Waals surface area contributed by atoms with E-state index in [-0.39, 0.29) is 23.3 Å². The lowest BCUT2D eigenvalue weighted by molar-refractivity contribution is 0.0579. The van der Waals surface area contributed by atoms with Crippen molar-refractivity contribution in [2.45, 2.75) is 44.6 Å². The molecule has 1 saturated heterocycles. The molecule has 0 unspecified atom stereocenters. The van der Waals surface area contributed by atoms with Crippen molar-refractivity contribution in [3.63, 3.8) is 0 Å². The van der Waals surface area contributed by atoms with Crippen LogP contribution >= 0.6 is 0 Å². The zero-order valence-electron chi connectivity index (χ0n) is 16.9. The van der Waals surface area contributed by atoms with Gasteiger partial charge in [0.2, 0.25) is 0 Å². The summed E-state index contributed by atoms with van der Waals surface area (Å²) >= 11 is 0. The molecule has 2 aromatic rings. The number of piperidine rings is 1. The molecule has 2 aromatic carbocycles. The molecule has 1 N–H and O–H groups in total. The normalized spacial score (nSPS) is 16.0. The highest BCUT2D eigenvalue weighted by Gasteiger charge is 2.28. The van der Waals surface area contributed by atoms with Crippen LogP contribution in [0.1, 0.15) is 58.4 Å². The van der Waals surface area contributed by atoms with Crippen molar-refractivity contribution in [3.8, 4) is 17.6 Å². The first-order chi connectivity index (χ1) is 14.7. The van der Waals surface area contributed by atoms with E-state index in [0.717, 1.165) is 24.8 Å². The molecule has 1 amide bonds. The Morgan fingerprint density at radius 1 is 1.23 bits per heavy atom. The van der Waals surface area contributed by atoms with Crippen LogP contribution < -0.4 is 4.74 Å². The lowest BCUT2D eigenvalue weighted by Gasteiger charge is -2.36. The van der Waals surface area contributed by atoms with Gasteiger partial charge in [0, 0.05) is 31.0 Å².